The van der Waals surface area contributed by atoms with Gasteiger partial charge in [0.1, 0.15) is 11.9 Å². The van der Waals surface area contributed by atoms with Gasteiger partial charge in [-0.1, -0.05) is 32.4 Å². The Hall–Kier alpha value is -3.11. The molecule has 3 heterocycles. The minimum atomic E-state index is -0.677. The van der Waals surface area contributed by atoms with E-state index in [4.69, 9.17) is 11.6 Å². The molecule has 11 heteroatoms. The fraction of sp³-hybridized carbons (Fsp3) is 0.538. The van der Waals surface area contributed by atoms with Crippen molar-refractivity contribution in [1.29, 1.82) is 0 Å². The Labute approximate surface area is 222 Å². The van der Waals surface area contributed by atoms with Crippen molar-refractivity contribution >= 4 is 35.3 Å². The molecule has 0 saturated carbocycles. The lowest BCUT2D eigenvalue weighted by atomic mass is 9.85. The lowest BCUT2D eigenvalue weighted by Crippen LogP contribution is -2.59. The first-order valence-electron chi connectivity index (χ1n) is 12.6. The van der Waals surface area contributed by atoms with Crippen LogP contribution < -0.4 is 10.6 Å². The molecule has 0 bridgehead atoms. The fourth-order valence-electron chi connectivity index (χ4n) is 4.83. The van der Waals surface area contributed by atoms with Crippen LogP contribution in [0.1, 0.15) is 38.0 Å². The largest absolute Gasteiger partial charge is 0.338 e. The molecule has 2 N–H and O–H groups in total. The summed E-state index contributed by atoms with van der Waals surface area (Å²) >= 11 is 5.91. The van der Waals surface area contributed by atoms with Crippen LogP contribution in [-0.4, -0.2) is 87.5 Å². The number of hydrogen-bond acceptors (Lipinski definition) is 5. The van der Waals surface area contributed by atoms with Crippen LogP contribution in [0.2, 0.25) is 5.02 Å². The number of fused-ring (bicyclic) bond motifs is 1. The topological polar surface area (TPSA) is 103 Å². The first-order valence-corrected chi connectivity index (χ1v) is 13.0. The van der Waals surface area contributed by atoms with Gasteiger partial charge in [0.2, 0.25) is 5.91 Å². The van der Waals surface area contributed by atoms with Crippen molar-refractivity contribution in [1.82, 2.24) is 29.6 Å². The SMILES string of the molecule is Cc1nc(C)n2c1CN(CCN1CCN(C(=O)[C@H](NC(=O)Nc3ccc(Cl)cc3)C(C)(C)C)CC1)C2=O. The summed E-state index contributed by atoms with van der Waals surface area (Å²) in [4.78, 5) is 49.2. The van der Waals surface area contributed by atoms with E-state index in [1.54, 1.807) is 28.8 Å². The smallest absolute Gasteiger partial charge is 0.330 e. The van der Waals surface area contributed by atoms with Crippen LogP contribution in [0.5, 0.6) is 0 Å². The van der Waals surface area contributed by atoms with E-state index in [1.165, 1.54) is 0 Å². The number of rotatable bonds is 6. The Bertz CT molecular complexity index is 1160. The van der Waals surface area contributed by atoms with Gasteiger partial charge < -0.3 is 20.4 Å². The number of imidazole rings is 1. The summed E-state index contributed by atoms with van der Waals surface area (Å²) in [5, 5.41) is 6.22. The van der Waals surface area contributed by atoms with Crippen LogP contribution in [0, 0.1) is 19.3 Å². The third-order valence-corrected chi connectivity index (χ3v) is 7.26. The van der Waals surface area contributed by atoms with Crippen LogP contribution in [0.3, 0.4) is 0 Å². The molecule has 0 spiro atoms. The molecule has 200 valence electrons. The average molecular weight is 530 g/mol. The molecule has 1 atom stereocenters. The second kappa shape index (κ2) is 10.7. The summed E-state index contributed by atoms with van der Waals surface area (Å²) in [6.07, 6.45) is 0. The number of nitrogens with zero attached hydrogens (tertiary/aromatic N) is 5. The van der Waals surface area contributed by atoms with Gasteiger partial charge in [0.25, 0.3) is 0 Å². The molecule has 2 aliphatic rings. The molecule has 0 aliphatic carbocycles. The van der Waals surface area contributed by atoms with Gasteiger partial charge in [-0.2, -0.15) is 0 Å². The number of nitrogens with one attached hydrogen (secondary N) is 2. The molecule has 2 aromatic rings. The molecule has 1 fully saturated rings. The maximum absolute atomic E-state index is 13.4. The number of aryl methyl sites for hydroxylation is 2. The van der Waals surface area contributed by atoms with Crippen LogP contribution >= 0.6 is 11.6 Å². The number of amides is 4. The van der Waals surface area contributed by atoms with Gasteiger partial charge in [0.15, 0.2) is 0 Å². The van der Waals surface area contributed by atoms with Crippen LogP contribution in [0.15, 0.2) is 24.3 Å². The molecule has 0 radical (unpaired) electrons. The van der Waals surface area contributed by atoms with E-state index in [1.807, 2.05) is 44.4 Å². The standard InChI is InChI=1S/C26H36ClN7O3/c1-17-21-16-33(25(37)34(21)18(2)28-17)15-12-31-10-13-32(14-11-31)23(35)22(26(3,4)5)30-24(36)29-20-8-6-19(27)7-9-20/h6-9,22H,10-16H2,1-5H3,(H2,29,30,36)/t22-/m0/s1. The second-order valence-electron chi connectivity index (χ2n) is 10.8. The third kappa shape index (κ3) is 6.07. The summed E-state index contributed by atoms with van der Waals surface area (Å²) in [5.41, 5.74) is 2.01. The zero-order chi connectivity index (χ0) is 26.9. The Morgan fingerprint density at radius 2 is 1.70 bits per heavy atom. The Kier molecular flexibility index (Phi) is 7.80. The maximum atomic E-state index is 13.4. The van der Waals surface area contributed by atoms with E-state index in [2.05, 4.69) is 20.5 Å². The number of piperazine rings is 1. The molecular formula is C26H36ClN7O3. The number of urea groups is 1. The van der Waals surface area contributed by atoms with Crippen molar-refractivity contribution in [2.75, 3.05) is 44.6 Å². The highest BCUT2D eigenvalue weighted by Gasteiger charge is 2.37. The molecule has 4 rings (SSSR count). The molecule has 10 nitrogen and oxygen atoms in total. The first-order chi connectivity index (χ1) is 17.4. The monoisotopic (exact) mass is 529 g/mol. The van der Waals surface area contributed by atoms with Crippen molar-refractivity contribution < 1.29 is 14.4 Å². The number of anilines is 1. The molecular weight excluding hydrogens is 494 g/mol. The molecule has 1 aromatic carbocycles. The highest BCUT2D eigenvalue weighted by Crippen LogP contribution is 2.24. The zero-order valence-electron chi connectivity index (χ0n) is 22.2. The highest BCUT2D eigenvalue weighted by atomic mass is 35.5. The highest BCUT2D eigenvalue weighted by molar-refractivity contribution is 6.30. The van der Waals surface area contributed by atoms with Gasteiger partial charge in [0.05, 0.1) is 17.9 Å². The summed E-state index contributed by atoms with van der Waals surface area (Å²) in [7, 11) is 0. The summed E-state index contributed by atoms with van der Waals surface area (Å²) in [6, 6.07) is 5.68. The van der Waals surface area contributed by atoms with Crippen molar-refractivity contribution in [2.24, 2.45) is 5.41 Å². The van der Waals surface area contributed by atoms with Crippen LogP contribution in [-0.2, 0) is 11.3 Å². The minimum Gasteiger partial charge on any atom is -0.338 e. The van der Waals surface area contributed by atoms with Gasteiger partial charge in [-0.15, -0.1) is 0 Å². The van der Waals surface area contributed by atoms with Gasteiger partial charge in [0, 0.05) is 50.0 Å². The fourth-order valence-corrected chi connectivity index (χ4v) is 4.96. The van der Waals surface area contributed by atoms with Crippen molar-refractivity contribution in [3.63, 3.8) is 0 Å². The number of hydrogen-bond donors (Lipinski definition) is 2. The van der Waals surface area contributed by atoms with Crippen molar-refractivity contribution in [3.8, 4) is 0 Å². The summed E-state index contributed by atoms with van der Waals surface area (Å²) < 4.78 is 1.70. The zero-order valence-corrected chi connectivity index (χ0v) is 22.9. The normalized spacial score (nSPS) is 17.1. The quantitative estimate of drug-likeness (QED) is 0.597. The third-order valence-electron chi connectivity index (χ3n) is 7.00. The lowest BCUT2D eigenvalue weighted by molar-refractivity contribution is -0.137. The van der Waals surface area contributed by atoms with E-state index in [0.717, 1.165) is 23.8 Å². The predicted octanol–water partition coefficient (Wildman–Crippen LogP) is 3.32. The van der Waals surface area contributed by atoms with Crippen LogP contribution in [0.4, 0.5) is 15.3 Å². The predicted molar refractivity (Wildman–Crippen MR) is 143 cm³/mol. The van der Waals surface area contributed by atoms with E-state index in [9.17, 15) is 14.4 Å². The number of aromatic nitrogens is 2. The van der Waals surface area contributed by atoms with Crippen molar-refractivity contribution in [3.05, 3.63) is 46.5 Å². The molecule has 4 amide bonds. The Morgan fingerprint density at radius 1 is 1.05 bits per heavy atom. The summed E-state index contributed by atoms with van der Waals surface area (Å²) in [5.74, 6) is 0.641. The molecule has 2 aliphatic heterocycles. The van der Waals surface area contributed by atoms with Crippen molar-refractivity contribution in [2.45, 2.75) is 47.2 Å². The van der Waals surface area contributed by atoms with Gasteiger partial charge in [-0.3, -0.25) is 14.3 Å². The van der Waals surface area contributed by atoms with E-state index in [-0.39, 0.29) is 11.9 Å². The lowest BCUT2D eigenvalue weighted by Gasteiger charge is -2.39. The minimum absolute atomic E-state index is 0.0158. The Morgan fingerprint density at radius 3 is 2.30 bits per heavy atom. The average Bonchev–Trinajstić information content (AvgIpc) is 3.32. The Balaban J connectivity index is 1.28. The molecule has 1 saturated heterocycles. The summed E-state index contributed by atoms with van der Waals surface area (Å²) in [6.45, 7) is 14.1. The first kappa shape index (κ1) is 26.9. The van der Waals surface area contributed by atoms with Crippen LogP contribution in [0.25, 0.3) is 0 Å². The molecule has 0 unspecified atom stereocenters. The van der Waals surface area contributed by atoms with E-state index in [0.29, 0.717) is 50.0 Å². The van der Waals surface area contributed by atoms with E-state index >= 15 is 0 Å². The molecule has 1 aromatic heterocycles. The number of carbonyl (C=O) groups excluding carboxylic acids is 3. The number of halogens is 1. The molecule has 37 heavy (non-hydrogen) atoms. The van der Waals surface area contributed by atoms with Gasteiger partial charge >= 0.3 is 12.1 Å². The maximum Gasteiger partial charge on any atom is 0.330 e. The second-order valence-corrected chi connectivity index (χ2v) is 11.2. The number of benzene rings is 1. The number of carbonyl (C=O) groups is 3. The van der Waals surface area contributed by atoms with Gasteiger partial charge in [-0.05, 0) is 43.5 Å². The van der Waals surface area contributed by atoms with E-state index < -0.39 is 17.5 Å². The van der Waals surface area contributed by atoms with Gasteiger partial charge in [-0.25, -0.2) is 14.6 Å².